The molecule has 0 spiro atoms. The Bertz CT molecular complexity index is 760. The van der Waals surface area contributed by atoms with E-state index in [1.54, 1.807) is 25.3 Å². The van der Waals surface area contributed by atoms with Crippen LogP contribution >= 0.6 is 15.9 Å². The Morgan fingerprint density at radius 2 is 2.00 bits per heavy atom. The molecule has 0 radical (unpaired) electrons. The van der Waals surface area contributed by atoms with Gasteiger partial charge in [-0.3, -0.25) is 9.71 Å². The van der Waals surface area contributed by atoms with Crippen molar-refractivity contribution >= 4 is 37.3 Å². The lowest BCUT2D eigenvalue weighted by Gasteiger charge is -2.13. The summed E-state index contributed by atoms with van der Waals surface area (Å²) in [4.78, 5) is 4.07. The Morgan fingerprint density at radius 1 is 1.30 bits per heavy atom. The lowest BCUT2D eigenvalue weighted by atomic mass is 10.2. The van der Waals surface area contributed by atoms with Gasteiger partial charge in [0.15, 0.2) is 0 Å². The van der Waals surface area contributed by atoms with Crippen molar-refractivity contribution in [3.8, 4) is 0 Å². The Hall–Kier alpha value is -1.60. The van der Waals surface area contributed by atoms with E-state index in [1.165, 1.54) is 12.3 Å². The fourth-order valence-corrected chi connectivity index (χ4v) is 3.77. The number of benzene rings is 1. The van der Waals surface area contributed by atoms with Crippen LogP contribution in [0.25, 0.3) is 0 Å². The van der Waals surface area contributed by atoms with E-state index in [0.29, 0.717) is 21.4 Å². The molecule has 0 aliphatic rings. The number of rotatable bonds is 3. The van der Waals surface area contributed by atoms with Gasteiger partial charge in [0.25, 0.3) is 10.0 Å². The smallest absolute Gasteiger partial charge is 0.262 e. The van der Waals surface area contributed by atoms with E-state index < -0.39 is 10.0 Å². The van der Waals surface area contributed by atoms with E-state index in [4.69, 9.17) is 5.73 Å². The second-order valence-electron chi connectivity index (χ2n) is 4.41. The second kappa shape index (κ2) is 5.41. The van der Waals surface area contributed by atoms with E-state index in [0.717, 1.165) is 5.56 Å². The van der Waals surface area contributed by atoms with Crippen molar-refractivity contribution in [1.29, 1.82) is 0 Å². The molecular formula is C13H14BrN3O2S. The average Bonchev–Trinajstić information content (AvgIpc) is 2.36. The zero-order valence-electron chi connectivity index (χ0n) is 11.0. The molecule has 0 amide bonds. The number of aromatic nitrogens is 1. The number of nitrogens with zero attached hydrogens (tertiary/aromatic N) is 1. The van der Waals surface area contributed by atoms with Gasteiger partial charge in [-0.05, 0) is 43.2 Å². The van der Waals surface area contributed by atoms with Gasteiger partial charge in [-0.15, -0.1) is 0 Å². The fraction of sp³-hybridized carbons (Fsp3) is 0.154. The molecule has 3 N–H and O–H groups in total. The highest BCUT2D eigenvalue weighted by Gasteiger charge is 2.20. The fourth-order valence-electron chi connectivity index (χ4n) is 1.72. The third kappa shape index (κ3) is 2.94. The molecule has 1 aromatic carbocycles. The number of hydrogen-bond acceptors (Lipinski definition) is 4. The Kier molecular flexibility index (Phi) is 4.01. The highest BCUT2D eigenvalue weighted by Crippen LogP contribution is 2.28. The lowest BCUT2D eigenvalue weighted by Crippen LogP contribution is -2.16. The van der Waals surface area contributed by atoms with Gasteiger partial charge >= 0.3 is 0 Å². The normalized spacial score (nSPS) is 11.3. The van der Waals surface area contributed by atoms with Crippen LogP contribution in [0.15, 0.2) is 40.0 Å². The van der Waals surface area contributed by atoms with E-state index >= 15 is 0 Å². The summed E-state index contributed by atoms with van der Waals surface area (Å²) in [6.45, 7) is 3.48. The number of sulfonamides is 1. The first-order valence-electron chi connectivity index (χ1n) is 5.80. The van der Waals surface area contributed by atoms with Crippen LogP contribution in [0.2, 0.25) is 0 Å². The summed E-state index contributed by atoms with van der Waals surface area (Å²) in [6, 6.07) is 4.93. The predicted molar refractivity (Wildman–Crippen MR) is 83.1 cm³/mol. The van der Waals surface area contributed by atoms with Gasteiger partial charge < -0.3 is 5.73 Å². The van der Waals surface area contributed by atoms with Crippen molar-refractivity contribution in [1.82, 2.24) is 4.98 Å². The first kappa shape index (κ1) is 14.8. The lowest BCUT2D eigenvalue weighted by molar-refractivity contribution is 0.600. The standard InChI is InChI=1S/C13H14BrN3O2S/c1-8-3-4-16-7-12(8)17-20(18,19)13-6-10(14)5-11(15)9(13)2/h3-7,17H,15H2,1-2H3. The van der Waals surface area contributed by atoms with Crippen LogP contribution < -0.4 is 10.5 Å². The van der Waals surface area contributed by atoms with Crippen molar-refractivity contribution < 1.29 is 8.42 Å². The summed E-state index contributed by atoms with van der Waals surface area (Å²) < 4.78 is 28.1. The van der Waals surface area contributed by atoms with Gasteiger partial charge in [0.05, 0.1) is 16.8 Å². The number of nitrogens with one attached hydrogen (secondary N) is 1. The minimum Gasteiger partial charge on any atom is -0.398 e. The van der Waals surface area contributed by atoms with E-state index in [9.17, 15) is 8.42 Å². The van der Waals surface area contributed by atoms with Gasteiger partial charge in [-0.2, -0.15) is 0 Å². The summed E-state index contributed by atoms with van der Waals surface area (Å²) in [5.74, 6) is 0. The van der Waals surface area contributed by atoms with Crippen LogP contribution in [0, 0.1) is 13.8 Å². The topological polar surface area (TPSA) is 85.1 Å². The zero-order valence-corrected chi connectivity index (χ0v) is 13.4. The number of pyridine rings is 1. The summed E-state index contributed by atoms with van der Waals surface area (Å²) in [7, 11) is -3.71. The highest BCUT2D eigenvalue weighted by atomic mass is 79.9. The van der Waals surface area contributed by atoms with Crippen molar-refractivity contribution in [3.63, 3.8) is 0 Å². The maximum Gasteiger partial charge on any atom is 0.262 e. The van der Waals surface area contributed by atoms with Crippen LogP contribution in [-0.2, 0) is 10.0 Å². The summed E-state index contributed by atoms with van der Waals surface area (Å²) in [5, 5.41) is 0. The van der Waals surface area contributed by atoms with E-state index in [2.05, 4.69) is 25.6 Å². The Morgan fingerprint density at radius 3 is 2.65 bits per heavy atom. The first-order valence-corrected chi connectivity index (χ1v) is 8.08. The summed E-state index contributed by atoms with van der Waals surface area (Å²) in [6.07, 6.45) is 3.08. The molecule has 1 aromatic heterocycles. The van der Waals surface area contributed by atoms with Crippen LogP contribution in [0.4, 0.5) is 11.4 Å². The molecule has 0 aliphatic carbocycles. The van der Waals surface area contributed by atoms with E-state index in [-0.39, 0.29) is 4.90 Å². The van der Waals surface area contributed by atoms with Crippen LogP contribution in [0.5, 0.6) is 0 Å². The molecule has 0 saturated carbocycles. The quantitative estimate of drug-likeness (QED) is 0.829. The second-order valence-corrected chi connectivity index (χ2v) is 6.98. The summed E-state index contributed by atoms with van der Waals surface area (Å²) >= 11 is 3.25. The third-order valence-corrected chi connectivity index (χ3v) is 4.89. The van der Waals surface area contributed by atoms with Gasteiger partial charge in [-0.25, -0.2) is 8.42 Å². The van der Waals surface area contributed by atoms with Gasteiger partial charge in [-0.1, -0.05) is 15.9 Å². The molecule has 7 heteroatoms. The predicted octanol–water partition coefficient (Wildman–Crippen LogP) is 2.84. The van der Waals surface area contributed by atoms with Gasteiger partial charge in [0.2, 0.25) is 0 Å². The number of hydrogen-bond donors (Lipinski definition) is 2. The minimum absolute atomic E-state index is 0.146. The molecule has 0 bridgehead atoms. The maximum absolute atomic E-state index is 12.5. The van der Waals surface area contributed by atoms with Crippen molar-refractivity contribution in [2.75, 3.05) is 10.5 Å². The monoisotopic (exact) mass is 355 g/mol. The zero-order chi connectivity index (χ0) is 14.9. The molecule has 106 valence electrons. The number of aryl methyl sites for hydroxylation is 1. The molecule has 5 nitrogen and oxygen atoms in total. The van der Waals surface area contributed by atoms with Crippen molar-refractivity contribution in [2.24, 2.45) is 0 Å². The number of anilines is 2. The Labute approximate surface area is 126 Å². The Balaban J connectivity index is 2.49. The number of halogens is 1. The molecule has 0 fully saturated rings. The first-order chi connectivity index (χ1) is 9.31. The molecule has 0 saturated heterocycles. The molecule has 2 aromatic rings. The molecule has 0 aliphatic heterocycles. The minimum atomic E-state index is -3.71. The van der Waals surface area contributed by atoms with Crippen LogP contribution in [0.3, 0.4) is 0 Å². The number of nitrogen functional groups attached to an aromatic ring is 1. The summed E-state index contributed by atoms with van der Waals surface area (Å²) in [5.41, 5.74) is 7.99. The highest BCUT2D eigenvalue weighted by molar-refractivity contribution is 9.10. The van der Waals surface area contributed by atoms with Crippen molar-refractivity contribution in [3.05, 3.63) is 46.2 Å². The maximum atomic E-state index is 12.5. The van der Waals surface area contributed by atoms with Gasteiger partial charge in [0.1, 0.15) is 0 Å². The SMILES string of the molecule is Cc1ccncc1NS(=O)(=O)c1cc(Br)cc(N)c1C. The average molecular weight is 356 g/mol. The molecule has 1 heterocycles. The molecule has 0 unspecified atom stereocenters. The largest absolute Gasteiger partial charge is 0.398 e. The number of nitrogens with two attached hydrogens (primary N) is 1. The molecule has 0 atom stereocenters. The van der Waals surface area contributed by atoms with E-state index in [1.807, 2.05) is 6.92 Å². The third-order valence-electron chi connectivity index (χ3n) is 2.94. The molecule has 2 rings (SSSR count). The molecule has 20 heavy (non-hydrogen) atoms. The molecular weight excluding hydrogens is 342 g/mol. The van der Waals surface area contributed by atoms with Crippen LogP contribution in [-0.4, -0.2) is 13.4 Å². The van der Waals surface area contributed by atoms with Crippen molar-refractivity contribution in [2.45, 2.75) is 18.7 Å². The van der Waals surface area contributed by atoms with Gasteiger partial charge in [0, 0.05) is 16.4 Å². The van der Waals surface area contributed by atoms with Crippen LogP contribution in [0.1, 0.15) is 11.1 Å².